The van der Waals surface area contributed by atoms with Crippen molar-refractivity contribution in [1.82, 2.24) is 25.1 Å². The molecule has 0 fully saturated rings. The highest BCUT2D eigenvalue weighted by atomic mass is 35.5. The molecule has 1 unspecified atom stereocenters. The third kappa shape index (κ3) is 3.33. The second-order valence-corrected chi connectivity index (χ2v) is 7.32. The quantitative estimate of drug-likeness (QED) is 0.521. The van der Waals surface area contributed by atoms with Crippen molar-refractivity contribution in [2.24, 2.45) is 0 Å². The van der Waals surface area contributed by atoms with Gasteiger partial charge in [-0.3, -0.25) is 4.79 Å². The molecule has 0 aliphatic rings. The number of thioether (sulfide) groups is 1. The van der Waals surface area contributed by atoms with Gasteiger partial charge in [-0.15, -0.1) is 10.2 Å². The van der Waals surface area contributed by atoms with Gasteiger partial charge in [0.1, 0.15) is 11.3 Å². The molecular formula is C17H13ClN6OS. The molecule has 26 heavy (non-hydrogen) atoms. The van der Waals surface area contributed by atoms with Crippen molar-refractivity contribution in [3.63, 3.8) is 0 Å². The average Bonchev–Trinajstić information content (AvgIpc) is 3.01. The Balaban J connectivity index is 1.51. The number of nitrogens with zero attached hydrogens (tertiary/aromatic N) is 4. The van der Waals surface area contributed by atoms with Gasteiger partial charge in [-0.2, -0.15) is 0 Å². The summed E-state index contributed by atoms with van der Waals surface area (Å²) >= 11 is 7.02. The van der Waals surface area contributed by atoms with E-state index in [1.165, 1.54) is 18.0 Å². The SMILES string of the molecule is CC(Sc1nnc2c(n1)[nH]c1ccccc12)C(=O)Nc1ccc(Cl)cn1. The third-order valence-electron chi connectivity index (χ3n) is 3.73. The zero-order valence-electron chi connectivity index (χ0n) is 13.6. The van der Waals surface area contributed by atoms with Crippen molar-refractivity contribution in [3.8, 4) is 0 Å². The first-order chi connectivity index (χ1) is 12.6. The third-order valence-corrected chi connectivity index (χ3v) is 4.91. The molecule has 0 radical (unpaired) electrons. The lowest BCUT2D eigenvalue weighted by molar-refractivity contribution is -0.115. The summed E-state index contributed by atoms with van der Waals surface area (Å²) in [6.07, 6.45) is 1.48. The van der Waals surface area contributed by atoms with Crippen molar-refractivity contribution >= 4 is 57.2 Å². The van der Waals surface area contributed by atoms with Gasteiger partial charge >= 0.3 is 0 Å². The standard InChI is InChI=1S/C17H13ClN6OS/c1-9(16(25)21-13-7-6-10(18)8-19-13)26-17-22-15-14(23-24-17)11-4-2-3-5-12(11)20-15/h2-9H,1H3,(H,19,21,25)(H,20,22,24). The number of carbonyl (C=O) groups excluding carboxylic acids is 1. The van der Waals surface area contributed by atoms with Crippen LogP contribution >= 0.6 is 23.4 Å². The molecule has 9 heteroatoms. The number of nitrogens with one attached hydrogen (secondary N) is 2. The normalized spacial score (nSPS) is 12.4. The molecule has 4 rings (SSSR count). The second-order valence-electron chi connectivity index (χ2n) is 5.57. The Hall–Kier alpha value is -2.71. The molecule has 0 aliphatic heterocycles. The van der Waals surface area contributed by atoms with Crippen molar-refractivity contribution in [1.29, 1.82) is 0 Å². The van der Waals surface area contributed by atoms with Crippen molar-refractivity contribution < 1.29 is 4.79 Å². The predicted molar refractivity (Wildman–Crippen MR) is 102 cm³/mol. The number of rotatable bonds is 4. The molecule has 7 nitrogen and oxygen atoms in total. The first kappa shape index (κ1) is 16.7. The molecule has 130 valence electrons. The van der Waals surface area contributed by atoms with Crippen LogP contribution in [0.4, 0.5) is 5.82 Å². The lowest BCUT2D eigenvalue weighted by atomic mass is 10.2. The van der Waals surface area contributed by atoms with Crippen LogP contribution in [-0.2, 0) is 4.79 Å². The summed E-state index contributed by atoms with van der Waals surface area (Å²) in [5.41, 5.74) is 2.31. The molecule has 4 aromatic rings. The Bertz CT molecular complexity index is 1100. The molecule has 0 saturated carbocycles. The predicted octanol–water partition coefficient (Wildman–Crippen LogP) is 3.67. The zero-order valence-corrected chi connectivity index (χ0v) is 15.2. The van der Waals surface area contributed by atoms with E-state index in [0.717, 1.165) is 10.9 Å². The number of para-hydroxylation sites is 1. The number of amides is 1. The van der Waals surface area contributed by atoms with E-state index in [1.54, 1.807) is 19.1 Å². The Kier molecular flexibility index (Phi) is 4.44. The van der Waals surface area contributed by atoms with Gasteiger partial charge in [0.05, 0.1) is 10.3 Å². The number of hydrogen-bond donors (Lipinski definition) is 2. The number of hydrogen-bond acceptors (Lipinski definition) is 6. The lowest BCUT2D eigenvalue weighted by Gasteiger charge is -2.10. The van der Waals surface area contributed by atoms with E-state index in [4.69, 9.17) is 11.6 Å². The molecule has 0 saturated heterocycles. The molecule has 3 heterocycles. The molecular weight excluding hydrogens is 372 g/mol. The van der Waals surface area contributed by atoms with Gasteiger partial charge in [0.15, 0.2) is 5.65 Å². The number of anilines is 1. The summed E-state index contributed by atoms with van der Waals surface area (Å²) in [4.78, 5) is 24.1. The fourth-order valence-corrected chi connectivity index (χ4v) is 3.27. The van der Waals surface area contributed by atoms with Crippen LogP contribution in [0.15, 0.2) is 47.8 Å². The molecule has 0 bridgehead atoms. The summed E-state index contributed by atoms with van der Waals surface area (Å²) in [6.45, 7) is 1.77. The van der Waals surface area contributed by atoms with E-state index in [1.807, 2.05) is 24.3 Å². The van der Waals surface area contributed by atoms with Gasteiger partial charge in [0, 0.05) is 17.1 Å². The highest BCUT2D eigenvalue weighted by molar-refractivity contribution is 8.00. The van der Waals surface area contributed by atoms with Gasteiger partial charge in [0.2, 0.25) is 11.1 Å². The summed E-state index contributed by atoms with van der Waals surface area (Å²) in [7, 11) is 0. The minimum absolute atomic E-state index is 0.204. The topological polar surface area (TPSA) is 96.5 Å². The maximum absolute atomic E-state index is 12.3. The monoisotopic (exact) mass is 384 g/mol. The van der Waals surface area contributed by atoms with Crippen LogP contribution in [0.25, 0.3) is 22.1 Å². The van der Waals surface area contributed by atoms with Crippen molar-refractivity contribution in [2.75, 3.05) is 5.32 Å². The number of aromatic nitrogens is 5. The van der Waals surface area contributed by atoms with E-state index in [-0.39, 0.29) is 5.91 Å². The zero-order chi connectivity index (χ0) is 18.1. The van der Waals surface area contributed by atoms with Crippen LogP contribution in [0.5, 0.6) is 0 Å². The van der Waals surface area contributed by atoms with E-state index in [0.29, 0.717) is 27.2 Å². The van der Waals surface area contributed by atoms with Crippen LogP contribution in [0.1, 0.15) is 6.92 Å². The van der Waals surface area contributed by atoms with Gasteiger partial charge in [-0.05, 0) is 25.1 Å². The van der Waals surface area contributed by atoms with Gasteiger partial charge in [-0.25, -0.2) is 9.97 Å². The average molecular weight is 385 g/mol. The minimum Gasteiger partial charge on any atom is -0.338 e. The minimum atomic E-state index is -0.420. The molecule has 3 aromatic heterocycles. The smallest absolute Gasteiger partial charge is 0.238 e. The number of fused-ring (bicyclic) bond motifs is 3. The largest absolute Gasteiger partial charge is 0.338 e. The van der Waals surface area contributed by atoms with Crippen molar-refractivity contribution in [2.45, 2.75) is 17.3 Å². The Labute approximate surface area is 157 Å². The van der Waals surface area contributed by atoms with Crippen LogP contribution in [0.3, 0.4) is 0 Å². The van der Waals surface area contributed by atoms with Gasteiger partial charge in [0.25, 0.3) is 0 Å². The van der Waals surface area contributed by atoms with E-state index < -0.39 is 5.25 Å². The second kappa shape index (κ2) is 6.89. The maximum atomic E-state index is 12.3. The summed E-state index contributed by atoms with van der Waals surface area (Å²) < 4.78 is 0. The highest BCUT2D eigenvalue weighted by Gasteiger charge is 2.18. The Morgan fingerprint density at radius 1 is 1.23 bits per heavy atom. The van der Waals surface area contributed by atoms with Crippen LogP contribution < -0.4 is 5.32 Å². The van der Waals surface area contributed by atoms with Gasteiger partial charge < -0.3 is 10.3 Å². The van der Waals surface area contributed by atoms with Crippen LogP contribution in [0.2, 0.25) is 5.02 Å². The molecule has 2 N–H and O–H groups in total. The summed E-state index contributed by atoms with van der Waals surface area (Å²) in [5, 5.41) is 12.6. The summed E-state index contributed by atoms with van der Waals surface area (Å²) in [5.74, 6) is 0.238. The summed E-state index contributed by atoms with van der Waals surface area (Å²) in [6, 6.07) is 11.1. The van der Waals surface area contributed by atoms with E-state index in [2.05, 4.69) is 30.5 Å². The van der Waals surface area contributed by atoms with Crippen molar-refractivity contribution in [3.05, 3.63) is 47.6 Å². The Morgan fingerprint density at radius 3 is 2.88 bits per heavy atom. The van der Waals surface area contributed by atoms with E-state index >= 15 is 0 Å². The van der Waals surface area contributed by atoms with Crippen LogP contribution in [-0.4, -0.2) is 36.3 Å². The molecule has 1 atom stereocenters. The maximum Gasteiger partial charge on any atom is 0.238 e. The highest BCUT2D eigenvalue weighted by Crippen LogP contribution is 2.25. The lowest BCUT2D eigenvalue weighted by Crippen LogP contribution is -2.23. The fourth-order valence-electron chi connectivity index (χ4n) is 2.45. The number of halogens is 1. The number of pyridine rings is 1. The van der Waals surface area contributed by atoms with Gasteiger partial charge in [-0.1, -0.05) is 41.6 Å². The first-order valence-electron chi connectivity index (χ1n) is 7.80. The number of carbonyl (C=O) groups is 1. The van der Waals surface area contributed by atoms with E-state index in [9.17, 15) is 4.79 Å². The van der Waals surface area contributed by atoms with Crippen LogP contribution in [0, 0.1) is 0 Å². The Morgan fingerprint density at radius 2 is 2.08 bits per heavy atom. The molecule has 0 spiro atoms. The number of H-pyrrole nitrogens is 1. The number of benzene rings is 1. The first-order valence-corrected chi connectivity index (χ1v) is 9.06. The molecule has 0 aliphatic carbocycles. The molecule has 1 aromatic carbocycles. The molecule has 1 amide bonds. The fraction of sp³-hybridized carbons (Fsp3) is 0.118. The number of aromatic amines is 1.